The van der Waals surface area contributed by atoms with Crippen LogP contribution in [-0.2, 0) is 5.54 Å². The summed E-state index contributed by atoms with van der Waals surface area (Å²) in [6, 6.07) is 12.5. The number of hydrogen-bond acceptors (Lipinski definition) is 1. The molecule has 2 rings (SSSR count). The van der Waals surface area contributed by atoms with E-state index in [9.17, 15) is 4.79 Å². The number of anilines is 1. The van der Waals surface area contributed by atoms with E-state index in [1.807, 2.05) is 39.0 Å². The molecular weight excluding hydrogens is 319 g/mol. The van der Waals surface area contributed by atoms with E-state index in [2.05, 4.69) is 10.6 Å². The second-order valence-corrected chi connectivity index (χ2v) is 6.47. The molecule has 2 N–H and O–H groups in total. The van der Waals surface area contributed by atoms with Crippen molar-refractivity contribution < 1.29 is 4.79 Å². The van der Waals surface area contributed by atoms with Crippen LogP contribution in [0.25, 0.3) is 0 Å². The van der Waals surface area contributed by atoms with Gasteiger partial charge in [-0.3, -0.25) is 0 Å². The minimum atomic E-state index is -0.527. The van der Waals surface area contributed by atoms with E-state index < -0.39 is 5.54 Å². The summed E-state index contributed by atoms with van der Waals surface area (Å²) >= 11 is 12.0. The second-order valence-electron chi connectivity index (χ2n) is 5.62. The first-order valence-corrected chi connectivity index (χ1v) is 7.65. The fourth-order valence-corrected chi connectivity index (χ4v) is 2.42. The third-order valence-corrected chi connectivity index (χ3v) is 4.17. The van der Waals surface area contributed by atoms with Crippen molar-refractivity contribution in [2.75, 3.05) is 5.32 Å². The van der Waals surface area contributed by atoms with Crippen LogP contribution in [0.15, 0.2) is 42.5 Å². The Labute approximate surface area is 140 Å². The Kier molecular flexibility index (Phi) is 4.99. The molecule has 0 aliphatic heterocycles. The van der Waals surface area contributed by atoms with Crippen LogP contribution in [0.2, 0.25) is 10.0 Å². The zero-order valence-electron chi connectivity index (χ0n) is 12.7. The van der Waals surface area contributed by atoms with Crippen LogP contribution in [0, 0.1) is 6.92 Å². The molecule has 0 fully saturated rings. The van der Waals surface area contributed by atoms with Gasteiger partial charge in [-0.25, -0.2) is 4.79 Å². The molecule has 22 heavy (non-hydrogen) atoms. The normalized spacial score (nSPS) is 11.1. The van der Waals surface area contributed by atoms with Crippen LogP contribution in [0.5, 0.6) is 0 Å². The summed E-state index contributed by atoms with van der Waals surface area (Å²) in [5, 5.41) is 7.06. The van der Waals surface area contributed by atoms with Crippen LogP contribution in [0.1, 0.15) is 25.0 Å². The van der Waals surface area contributed by atoms with E-state index in [0.29, 0.717) is 15.7 Å². The van der Waals surface area contributed by atoms with Crippen molar-refractivity contribution in [1.29, 1.82) is 0 Å². The zero-order valence-corrected chi connectivity index (χ0v) is 14.2. The molecule has 116 valence electrons. The molecule has 0 saturated carbocycles. The van der Waals surface area contributed by atoms with Crippen molar-refractivity contribution in [2.45, 2.75) is 26.3 Å². The summed E-state index contributed by atoms with van der Waals surface area (Å²) in [6.45, 7) is 5.73. The minimum Gasteiger partial charge on any atom is -0.329 e. The summed E-state index contributed by atoms with van der Waals surface area (Å²) in [4.78, 5) is 12.2. The van der Waals surface area contributed by atoms with Crippen molar-refractivity contribution in [3.8, 4) is 0 Å². The number of hydrogen-bond donors (Lipinski definition) is 2. The fraction of sp³-hybridized carbons (Fsp3) is 0.235. The second kappa shape index (κ2) is 6.59. The fourth-order valence-electron chi connectivity index (χ4n) is 2.12. The van der Waals surface area contributed by atoms with Gasteiger partial charge in [-0.05, 0) is 56.2 Å². The van der Waals surface area contributed by atoms with Gasteiger partial charge >= 0.3 is 6.03 Å². The van der Waals surface area contributed by atoms with Crippen LogP contribution >= 0.6 is 23.2 Å². The first kappa shape index (κ1) is 16.7. The molecule has 0 saturated heterocycles. The highest BCUT2D eigenvalue weighted by molar-refractivity contribution is 6.31. The first-order valence-electron chi connectivity index (χ1n) is 6.90. The topological polar surface area (TPSA) is 41.1 Å². The molecular formula is C17H18Cl2N2O. The van der Waals surface area contributed by atoms with Crippen LogP contribution in [0.4, 0.5) is 10.5 Å². The molecule has 0 aliphatic rings. The molecule has 0 aliphatic carbocycles. The molecule has 0 spiro atoms. The van der Waals surface area contributed by atoms with Crippen molar-refractivity contribution >= 4 is 34.9 Å². The lowest BCUT2D eigenvalue weighted by molar-refractivity contribution is 0.242. The van der Waals surface area contributed by atoms with Gasteiger partial charge in [-0.2, -0.15) is 0 Å². The Balaban J connectivity index is 2.10. The van der Waals surface area contributed by atoms with Gasteiger partial charge in [-0.15, -0.1) is 0 Å². The first-order chi connectivity index (χ1) is 10.3. The lowest BCUT2D eigenvalue weighted by atomic mass is 9.94. The quantitative estimate of drug-likeness (QED) is 0.778. The summed E-state index contributed by atoms with van der Waals surface area (Å²) in [5.74, 6) is 0. The lowest BCUT2D eigenvalue weighted by Gasteiger charge is -2.27. The van der Waals surface area contributed by atoms with Gasteiger partial charge in [0.05, 0.1) is 5.54 Å². The van der Waals surface area contributed by atoms with E-state index >= 15 is 0 Å². The summed E-state index contributed by atoms with van der Waals surface area (Å²) in [7, 11) is 0. The summed E-state index contributed by atoms with van der Waals surface area (Å²) < 4.78 is 0. The summed E-state index contributed by atoms with van der Waals surface area (Å²) in [6.07, 6.45) is 0. The molecule has 2 aromatic rings. The average molecular weight is 337 g/mol. The monoisotopic (exact) mass is 336 g/mol. The predicted octanol–water partition coefficient (Wildman–Crippen LogP) is 5.36. The largest absolute Gasteiger partial charge is 0.329 e. The predicted molar refractivity (Wildman–Crippen MR) is 92.8 cm³/mol. The lowest BCUT2D eigenvalue weighted by Crippen LogP contribution is -2.43. The molecule has 2 aromatic carbocycles. The SMILES string of the molecule is Cc1c(Cl)cccc1NC(=O)NC(C)(C)c1ccc(Cl)cc1. The Hall–Kier alpha value is -1.71. The van der Waals surface area contributed by atoms with Crippen LogP contribution in [0.3, 0.4) is 0 Å². The molecule has 2 amide bonds. The van der Waals surface area contributed by atoms with E-state index in [4.69, 9.17) is 23.2 Å². The number of benzene rings is 2. The molecule has 3 nitrogen and oxygen atoms in total. The molecule has 0 radical (unpaired) electrons. The number of urea groups is 1. The number of rotatable bonds is 3. The minimum absolute atomic E-state index is 0.287. The highest BCUT2D eigenvalue weighted by Crippen LogP contribution is 2.24. The van der Waals surface area contributed by atoms with Gasteiger partial charge in [0.15, 0.2) is 0 Å². The molecule has 0 aromatic heterocycles. The highest BCUT2D eigenvalue weighted by atomic mass is 35.5. The maximum absolute atomic E-state index is 12.2. The summed E-state index contributed by atoms with van der Waals surface area (Å²) in [5.41, 5.74) is 1.97. The number of carbonyl (C=O) groups excluding carboxylic acids is 1. The highest BCUT2D eigenvalue weighted by Gasteiger charge is 2.23. The average Bonchev–Trinajstić information content (AvgIpc) is 2.44. The van der Waals surface area contributed by atoms with Crippen LogP contribution < -0.4 is 10.6 Å². The molecule has 0 unspecified atom stereocenters. The standard InChI is InChI=1S/C17H18Cl2N2O/c1-11-14(19)5-4-6-15(11)20-16(22)21-17(2,3)12-7-9-13(18)10-8-12/h4-10H,1-3H3,(H2,20,21,22). The molecule has 0 heterocycles. The van der Waals surface area contributed by atoms with Gasteiger partial charge in [0.25, 0.3) is 0 Å². The number of halogens is 2. The Bertz CT molecular complexity index is 682. The van der Waals surface area contributed by atoms with Crippen LogP contribution in [-0.4, -0.2) is 6.03 Å². The number of carbonyl (C=O) groups is 1. The Morgan fingerprint density at radius 2 is 1.68 bits per heavy atom. The molecule has 5 heteroatoms. The van der Waals surface area contributed by atoms with Gasteiger partial charge in [0.1, 0.15) is 0 Å². The van der Waals surface area contributed by atoms with E-state index in [0.717, 1.165) is 11.1 Å². The van der Waals surface area contributed by atoms with Crippen molar-refractivity contribution in [1.82, 2.24) is 5.32 Å². The maximum Gasteiger partial charge on any atom is 0.319 e. The van der Waals surface area contributed by atoms with E-state index in [1.165, 1.54) is 0 Å². The van der Waals surface area contributed by atoms with Crippen molar-refractivity contribution in [3.63, 3.8) is 0 Å². The number of amides is 2. The van der Waals surface area contributed by atoms with Gasteiger partial charge in [0, 0.05) is 15.7 Å². The van der Waals surface area contributed by atoms with Crippen molar-refractivity contribution in [2.24, 2.45) is 0 Å². The van der Waals surface area contributed by atoms with E-state index in [1.54, 1.807) is 24.3 Å². The Morgan fingerprint density at radius 1 is 1.05 bits per heavy atom. The maximum atomic E-state index is 12.2. The van der Waals surface area contributed by atoms with Gasteiger partial charge < -0.3 is 10.6 Å². The number of nitrogens with one attached hydrogen (secondary N) is 2. The van der Waals surface area contributed by atoms with Gasteiger partial charge in [-0.1, -0.05) is 41.4 Å². The van der Waals surface area contributed by atoms with Crippen molar-refractivity contribution in [3.05, 3.63) is 63.6 Å². The smallest absolute Gasteiger partial charge is 0.319 e. The van der Waals surface area contributed by atoms with Gasteiger partial charge in [0.2, 0.25) is 0 Å². The molecule has 0 atom stereocenters. The third kappa shape index (κ3) is 3.93. The van der Waals surface area contributed by atoms with E-state index in [-0.39, 0.29) is 6.03 Å². The Morgan fingerprint density at radius 3 is 2.32 bits per heavy atom. The zero-order chi connectivity index (χ0) is 16.3. The third-order valence-electron chi connectivity index (χ3n) is 3.51. The molecule has 0 bridgehead atoms.